The van der Waals surface area contributed by atoms with Gasteiger partial charge >= 0.3 is 0 Å². The van der Waals surface area contributed by atoms with Gasteiger partial charge in [-0.25, -0.2) is 4.98 Å². The summed E-state index contributed by atoms with van der Waals surface area (Å²) < 4.78 is 0. The molecule has 0 atom stereocenters. The van der Waals surface area contributed by atoms with E-state index in [4.69, 9.17) is 11.6 Å². The summed E-state index contributed by atoms with van der Waals surface area (Å²) in [4.78, 5) is 19.3. The molecule has 0 aliphatic carbocycles. The highest BCUT2D eigenvalue weighted by molar-refractivity contribution is 6.30. The third-order valence-electron chi connectivity index (χ3n) is 4.53. The number of pyridine rings is 1. The number of aromatic nitrogens is 1. The van der Waals surface area contributed by atoms with Gasteiger partial charge in [-0.05, 0) is 55.0 Å². The van der Waals surface area contributed by atoms with Crippen LogP contribution in [-0.4, -0.2) is 28.9 Å². The Labute approximate surface area is 154 Å². The van der Waals surface area contributed by atoms with Gasteiger partial charge < -0.3 is 10.2 Å². The number of nitrogens with one attached hydrogen (secondary N) is 1. The summed E-state index contributed by atoms with van der Waals surface area (Å²) in [7, 11) is 0. The van der Waals surface area contributed by atoms with Crippen molar-refractivity contribution >= 4 is 29.0 Å². The minimum Gasteiger partial charge on any atom is -0.340 e. The molecule has 0 bridgehead atoms. The van der Waals surface area contributed by atoms with Crippen LogP contribution in [0.15, 0.2) is 36.5 Å². The van der Waals surface area contributed by atoms with Crippen molar-refractivity contribution in [1.82, 2.24) is 9.88 Å². The number of nitrogens with zero attached hydrogens (tertiary/aromatic N) is 2. The monoisotopic (exact) mass is 357 g/mol. The molecule has 1 fully saturated rings. The van der Waals surface area contributed by atoms with Crippen LogP contribution in [0.25, 0.3) is 0 Å². The van der Waals surface area contributed by atoms with Crippen LogP contribution >= 0.6 is 11.6 Å². The van der Waals surface area contributed by atoms with E-state index in [0.717, 1.165) is 43.0 Å². The van der Waals surface area contributed by atoms with Gasteiger partial charge in [0.2, 0.25) is 0 Å². The molecule has 1 saturated heterocycles. The van der Waals surface area contributed by atoms with Gasteiger partial charge in [-0.15, -0.1) is 0 Å². The molecule has 1 aliphatic rings. The Morgan fingerprint density at radius 1 is 1.20 bits per heavy atom. The van der Waals surface area contributed by atoms with E-state index in [2.05, 4.69) is 24.1 Å². The van der Waals surface area contributed by atoms with E-state index in [1.807, 2.05) is 35.2 Å². The predicted octanol–water partition coefficient (Wildman–Crippen LogP) is 5.23. The number of hydrogen-bond acceptors (Lipinski definition) is 3. The maximum absolute atomic E-state index is 12.9. The zero-order valence-corrected chi connectivity index (χ0v) is 15.5. The van der Waals surface area contributed by atoms with E-state index >= 15 is 0 Å². The average Bonchev–Trinajstić information content (AvgIpc) is 2.62. The topological polar surface area (TPSA) is 45.2 Å². The molecule has 0 spiro atoms. The highest BCUT2D eigenvalue weighted by atomic mass is 35.5. The van der Waals surface area contributed by atoms with Crippen LogP contribution in [0, 0.1) is 0 Å². The van der Waals surface area contributed by atoms with E-state index in [-0.39, 0.29) is 11.8 Å². The molecule has 0 unspecified atom stereocenters. The van der Waals surface area contributed by atoms with Crippen LogP contribution in [0.2, 0.25) is 5.02 Å². The van der Waals surface area contributed by atoms with Gasteiger partial charge in [-0.3, -0.25) is 4.79 Å². The lowest BCUT2D eigenvalue weighted by atomic mass is 9.97. The maximum atomic E-state index is 12.9. The number of rotatable bonds is 4. The molecule has 5 heteroatoms. The minimum atomic E-state index is 0.102. The number of benzene rings is 1. The van der Waals surface area contributed by atoms with Gasteiger partial charge in [0.15, 0.2) is 0 Å². The fourth-order valence-electron chi connectivity index (χ4n) is 3.18. The average molecular weight is 358 g/mol. The first-order chi connectivity index (χ1) is 12.0. The fourth-order valence-corrected chi connectivity index (χ4v) is 3.37. The number of carbonyl (C=O) groups is 1. The quantitative estimate of drug-likeness (QED) is 0.815. The number of likely N-dealkylation sites (tertiary alicyclic amines) is 1. The van der Waals surface area contributed by atoms with Gasteiger partial charge in [0, 0.05) is 30.0 Å². The summed E-state index contributed by atoms with van der Waals surface area (Å²) in [5, 5.41) is 3.94. The van der Waals surface area contributed by atoms with Crippen molar-refractivity contribution in [2.45, 2.75) is 39.0 Å². The zero-order chi connectivity index (χ0) is 17.8. The van der Waals surface area contributed by atoms with Crippen LogP contribution in [0.5, 0.6) is 0 Å². The number of amides is 1. The Balaban J connectivity index is 1.86. The summed E-state index contributed by atoms with van der Waals surface area (Å²) in [6, 6.07) is 9.49. The Kier molecular flexibility index (Phi) is 5.59. The molecule has 2 heterocycles. The molecule has 0 radical (unpaired) electrons. The van der Waals surface area contributed by atoms with Gasteiger partial charge in [0.05, 0.1) is 5.56 Å². The van der Waals surface area contributed by atoms with E-state index in [1.165, 1.54) is 6.42 Å². The van der Waals surface area contributed by atoms with Crippen molar-refractivity contribution in [3.8, 4) is 0 Å². The van der Waals surface area contributed by atoms with Crippen LogP contribution in [0.4, 0.5) is 11.5 Å². The Hall–Kier alpha value is -2.07. The first-order valence-corrected chi connectivity index (χ1v) is 9.24. The van der Waals surface area contributed by atoms with Crippen molar-refractivity contribution in [1.29, 1.82) is 0 Å². The molecular weight excluding hydrogens is 334 g/mol. The molecule has 1 N–H and O–H groups in total. The number of halogens is 1. The van der Waals surface area contributed by atoms with E-state index < -0.39 is 0 Å². The lowest BCUT2D eigenvalue weighted by Crippen LogP contribution is -2.36. The molecule has 132 valence electrons. The normalized spacial score (nSPS) is 14.6. The molecule has 1 amide bonds. The van der Waals surface area contributed by atoms with Crippen molar-refractivity contribution in [3.05, 3.63) is 52.7 Å². The van der Waals surface area contributed by atoms with Crippen molar-refractivity contribution in [2.75, 3.05) is 18.4 Å². The fraction of sp³-hybridized carbons (Fsp3) is 0.400. The summed E-state index contributed by atoms with van der Waals surface area (Å²) in [6.07, 6.45) is 5.09. The van der Waals surface area contributed by atoms with E-state index in [1.54, 1.807) is 6.20 Å². The highest BCUT2D eigenvalue weighted by Gasteiger charge is 2.22. The molecular formula is C20H24ClN3O. The molecule has 25 heavy (non-hydrogen) atoms. The van der Waals surface area contributed by atoms with Crippen molar-refractivity contribution in [2.24, 2.45) is 0 Å². The molecule has 3 rings (SSSR count). The van der Waals surface area contributed by atoms with Crippen LogP contribution < -0.4 is 5.32 Å². The molecule has 1 aromatic carbocycles. The van der Waals surface area contributed by atoms with Gasteiger partial charge in [0.1, 0.15) is 5.82 Å². The van der Waals surface area contributed by atoms with Crippen molar-refractivity contribution < 1.29 is 4.79 Å². The van der Waals surface area contributed by atoms with E-state index in [9.17, 15) is 4.79 Å². The zero-order valence-electron chi connectivity index (χ0n) is 14.8. The van der Waals surface area contributed by atoms with Gasteiger partial charge in [-0.1, -0.05) is 31.5 Å². The highest BCUT2D eigenvalue weighted by Crippen LogP contribution is 2.26. The smallest absolute Gasteiger partial charge is 0.255 e. The molecule has 2 aromatic rings. The Morgan fingerprint density at radius 2 is 1.96 bits per heavy atom. The molecule has 1 aromatic heterocycles. The number of anilines is 2. The SMILES string of the molecule is CC(C)c1cc(Nc2cccc(Cl)c2)ncc1C(=O)N1CCCCC1. The number of carbonyl (C=O) groups excluding carboxylic acids is 1. The lowest BCUT2D eigenvalue weighted by molar-refractivity contribution is 0.0722. The summed E-state index contributed by atoms with van der Waals surface area (Å²) in [5.74, 6) is 1.07. The maximum Gasteiger partial charge on any atom is 0.255 e. The molecule has 1 aliphatic heterocycles. The largest absolute Gasteiger partial charge is 0.340 e. The molecule has 0 saturated carbocycles. The second kappa shape index (κ2) is 7.87. The minimum absolute atomic E-state index is 0.102. The first kappa shape index (κ1) is 17.7. The van der Waals surface area contributed by atoms with Crippen LogP contribution in [0.3, 0.4) is 0 Å². The summed E-state index contributed by atoms with van der Waals surface area (Å²) >= 11 is 6.04. The summed E-state index contributed by atoms with van der Waals surface area (Å²) in [5.41, 5.74) is 2.62. The van der Waals surface area contributed by atoms with Gasteiger partial charge in [-0.2, -0.15) is 0 Å². The second-order valence-corrected chi connectivity index (χ2v) is 7.24. The number of piperidine rings is 1. The second-order valence-electron chi connectivity index (χ2n) is 6.80. The van der Waals surface area contributed by atoms with Gasteiger partial charge in [0.25, 0.3) is 5.91 Å². The van der Waals surface area contributed by atoms with E-state index in [0.29, 0.717) is 10.6 Å². The first-order valence-electron chi connectivity index (χ1n) is 8.86. The number of hydrogen-bond donors (Lipinski definition) is 1. The standard InChI is InChI=1S/C20H24ClN3O/c1-14(2)17-12-19(23-16-8-6-7-15(21)11-16)22-13-18(17)20(25)24-9-4-3-5-10-24/h6-8,11-14H,3-5,9-10H2,1-2H3,(H,22,23). The lowest BCUT2D eigenvalue weighted by Gasteiger charge is -2.28. The summed E-state index contributed by atoms with van der Waals surface area (Å²) in [6.45, 7) is 5.90. The Morgan fingerprint density at radius 3 is 2.64 bits per heavy atom. The third-order valence-corrected chi connectivity index (χ3v) is 4.76. The van der Waals surface area contributed by atoms with Crippen molar-refractivity contribution in [3.63, 3.8) is 0 Å². The molecule has 4 nitrogen and oxygen atoms in total. The predicted molar refractivity (Wildman–Crippen MR) is 103 cm³/mol. The van der Waals surface area contributed by atoms with Crippen LogP contribution in [-0.2, 0) is 0 Å². The Bertz CT molecular complexity index is 754. The van der Waals surface area contributed by atoms with Crippen LogP contribution in [0.1, 0.15) is 54.9 Å². The third kappa shape index (κ3) is 4.31.